The number of nitrogens with zero attached hydrogens (tertiary/aromatic N) is 2. The number of rotatable bonds is 9. The molecule has 0 aliphatic carbocycles. The molecule has 1 fully saturated rings. The van der Waals surface area contributed by atoms with Gasteiger partial charge in [0.1, 0.15) is 0 Å². The Morgan fingerprint density at radius 2 is 1.81 bits per heavy atom. The van der Waals surface area contributed by atoms with Crippen LogP contribution in [0.4, 0.5) is 5.69 Å². The zero-order valence-corrected chi connectivity index (χ0v) is 19.6. The molecule has 1 saturated heterocycles. The van der Waals surface area contributed by atoms with E-state index in [1.54, 1.807) is 11.9 Å². The van der Waals surface area contributed by atoms with Crippen LogP contribution in [0.1, 0.15) is 29.6 Å². The van der Waals surface area contributed by atoms with E-state index in [-0.39, 0.29) is 17.9 Å². The Hall–Kier alpha value is -2.24. The van der Waals surface area contributed by atoms with Crippen molar-refractivity contribution in [3.63, 3.8) is 0 Å². The number of likely N-dealkylation sites (tertiary alicyclic amines) is 1. The van der Waals surface area contributed by atoms with Gasteiger partial charge >= 0.3 is 137 Å². The summed E-state index contributed by atoms with van der Waals surface area (Å²) < 4.78 is 5.54. The molecule has 31 heavy (non-hydrogen) atoms. The summed E-state index contributed by atoms with van der Waals surface area (Å²) in [5, 5.41) is 15.0. The summed E-state index contributed by atoms with van der Waals surface area (Å²) in [6.07, 6.45) is 2.20. The van der Waals surface area contributed by atoms with Crippen molar-refractivity contribution < 1.29 is 23.8 Å². The van der Waals surface area contributed by atoms with Gasteiger partial charge in [0.15, 0.2) is 0 Å². The first-order valence-corrected chi connectivity index (χ1v) is 12.2. The summed E-state index contributed by atoms with van der Waals surface area (Å²) in [6, 6.07) is 16.9. The van der Waals surface area contributed by atoms with Crippen LogP contribution in [-0.2, 0) is 13.7 Å². The predicted octanol–water partition coefficient (Wildman–Crippen LogP) is 1.60. The molecular weight excluding hydrogens is 459 g/mol. The van der Waals surface area contributed by atoms with Crippen LogP contribution in [0, 0.1) is 0 Å². The number of carbonyl (C=O) groups excluding carboxylic acids is 2. The molecule has 0 atom stereocenters. The van der Waals surface area contributed by atoms with Gasteiger partial charge in [-0.25, -0.2) is 0 Å². The van der Waals surface area contributed by atoms with Crippen molar-refractivity contribution in [1.82, 2.24) is 10.2 Å². The van der Waals surface area contributed by atoms with Crippen molar-refractivity contribution in [2.75, 3.05) is 31.6 Å². The van der Waals surface area contributed by atoms with Gasteiger partial charge < -0.3 is 5.32 Å². The fraction of sp³-hybridized carbons (Fsp3) is 0.364. The molecule has 0 unspecified atom stereocenters. The Bertz CT molecular complexity index is 842. The van der Waals surface area contributed by atoms with E-state index >= 15 is 0 Å². The van der Waals surface area contributed by atoms with Crippen LogP contribution in [-0.4, -0.2) is 70.5 Å². The molecular formula is C22H27GeN3O5. The maximum absolute atomic E-state index is 12.6. The average Bonchev–Trinajstić information content (AvgIpc) is 2.82. The summed E-state index contributed by atoms with van der Waals surface area (Å²) in [4.78, 5) is 28.8. The Kier molecular flexibility index (Phi) is 9.04. The van der Waals surface area contributed by atoms with Gasteiger partial charge in [-0.1, -0.05) is 18.2 Å². The van der Waals surface area contributed by atoms with Gasteiger partial charge in [-0.05, 0) is 12.1 Å². The van der Waals surface area contributed by atoms with Gasteiger partial charge in [-0.2, -0.15) is 0 Å². The van der Waals surface area contributed by atoms with E-state index in [9.17, 15) is 9.59 Å². The Labute approximate surface area is 188 Å². The van der Waals surface area contributed by atoms with Crippen molar-refractivity contribution in [3.05, 3.63) is 60.2 Å². The molecule has 1 heterocycles. The van der Waals surface area contributed by atoms with Crippen LogP contribution in [0.5, 0.6) is 0 Å². The molecule has 0 aromatic heterocycles. The SMILES string of the molecule is CN(C(=O)CCN1CCC(NC(=O)c2ccccc2)CC1)c1cc[c]([Ge][O]OO)cc1. The molecule has 2 aromatic rings. The van der Waals surface area contributed by atoms with Crippen LogP contribution in [0.2, 0.25) is 0 Å². The molecule has 2 aromatic carbocycles. The molecule has 0 bridgehead atoms. The van der Waals surface area contributed by atoms with Crippen LogP contribution in [0.15, 0.2) is 54.6 Å². The van der Waals surface area contributed by atoms with Gasteiger partial charge in [-0.15, -0.1) is 0 Å². The van der Waals surface area contributed by atoms with E-state index in [0.717, 1.165) is 36.0 Å². The molecule has 2 amide bonds. The van der Waals surface area contributed by atoms with Crippen LogP contribution < -0.4 is 14.6 Å². The summed E-state index contributed by atoms with van der Waals surface area (Å²) in [6.45, 7) is 2.43. The molecule has 0 spiro atoms. The molecule has 1 aliphatic heterocycles. The monoisotopic (exact) mass is 487 g/mol. The first-order valence-electron chi connectivity index (χ1n) is 10.2. The first kappa shape index (κ1) is 23.4. The summed E-state index contributed by atoms with van der Waals surface area (Å²) in [5.41, 5.74) is 1.50. The van der Waals surface area contributed by atoms with Gasteiger partial charge in [0.2, 0.25) is 0 Å². The fourth-order valence-corrected chi connectivity index (χ4v) is 4.46. The molecule has 9 heteroatoms. The second kappa shape index (κ2) is 12.0. The zero-order valence-electron chi connectivity index (χ0n) is 17.5. The van der Waals surface area contributed by atoms with E-state index < -0.39 is 15.8 Å². The predicted molar refractivity (Wildman–Crippen MR) is 118 cm³/mol. The normalized spacial score (nSPS) is 14.9. The molecule has 8 nitrogen and oxygen atoms in total. The summed E-state index contributed by atoms with van der Waals surface area (Å²) in [5.74, 6) is 0.0259. The van der Waals surface area contributed by atoms with Gasteiger partial charge in [0, 0.05) is 5.56 Å². The fourth-order valence-electron chi connectivity index (χ4n) is 3.54. The second-order valence-electron chi connectivity index (χ2n) is 7.46. The quantitative estimate of drug-likeness (QED) is 0.318. The van der Waals surface area contributed by atoms with Crippen molar-refractivity contribution >= 4 is 37.7 Å². The van der Waals surface area contributed by atoms with Crippen LogP contribution in [0.25, 0.3) is 0 Å². The minimum absolute atomic E-state index is 0.0280. The molecule has 2 radical (unpaired) electrons. The van der Waals surface area contributed by atoms with Crippen molar-refractivity contribution in [2.24, 2.45) is 0 Å². The third-order valence-electron chi connectivity index (χ3n) is 5.43. The molecule has 3 rings (SSSR count). The number of anilines is 1. The number of hydrogen-bond donors (Lipinski definition) is 2. The summed E-state index contributed by atoms with van der Waals surface area (Å²) >= 11 is -1.01. The van der Waals surface area contributed by atoms with E-state index in [4.69, 9.17) is 5.26 Å². The van der Waals surface area contributed by atoms with Crippen molar-refractivity contribution in [1.29, 1.82) is 0 Å². The van der Waals surface area contributed by atoms with E-state index in [0.29, 0.717) is 18.5 Å². The topological polar surface area (TPSA) is 91.3 Å². The number of carbonyl (C=O) groups is 2. The van der Waals surface area contributed by atoms with Crippen LogP contribution in [0.3, 0.4) is 0 Å². The Morgan fingerprint density at radius 1 is 1.13 bits per heavy atom. The molecule has 2 N–H and O–H groups in total. The van der Waals surface area contributed by atoms with E-state index in [1.165, 1.54) is 0 Å². The third kappa shape index (κ3) is 7.15. The number of hydrogen-bond acceptors (Lipinski definition) is 6. The molecule has 1 aliphatic rings. The second-order valence-corrected chi connectivity index (χ2v) is 9.45. The number of amides is 2. The zero-order chi connectivity index (χ0) is 22.1. The molecule has 164 valence electrons. The number of nitrogens with one attached hydrogen (secondary N) is 1. The first-order chi connectivity index (χ1) is 15.1. The van der Waals surface area contributed by atoms with Gasteiger partial charge in [-0.3, -0.25) is 4.79 Å². The summed E-state index contributed by atoms with van der Waals surface area (Å²) in [7, 11) is 1.77. The Morgan fingerprint density at radius 3 is 2.45 bits per heavy atom. The van der Waals surface area contributed by atoms with E-state index in [1.807, 2.05) is 54.6 Å². The number of piperidine rings is 1. The standard InChI is InChI=1S/C22H27GeN3O5/c1-25(20-9-7-18(8-10-20)23-30-31-29)21(27)13-16-26-14-11-19(12-15-26)24-22(28)17-5-3-2-4-6-17/h2-10,19,29H,11-16H2,1H3,(H,24,28). The molecule has 0 saturated carbocycles. The average molecular weight is 486 g/mol. The van der Waals surface area contributed by atoms with Crippen molar-refractivity contribution in [2.45, 2.75) is 25.3 Å². The van der Waals surface area contributed by atoms with Gasteiger partial charge in [0.05, 0.1) is 0 Å². The number of benzene rings is 2. The third-order valence-corrected chi connectivity index (χ3v) is 6.95. The minimum atomic E-state index is -1.01. The van der Waals surface area contributed by atoms with Crippen molar-refractivity contribution in [3.8, 4) is 0 Å². The maximum atomic E-state index is 12.6. The van der Waals surface area contributed by atoms with Crippen LogP contribution >= 0.6 is 0 Å². The van der Waals surface area contributed by atoms with Gasteiger partial charge in [0.25, 0.3) is 5.91 Å². The Balaban J connectivity index is 1.38. The van der Waals surface area contributed by atoms with E-state index in [2.05, 4.69) is 19.2 Å².